The smallest absolute Gasteiger partial charge is 0.0204 e. The molecule has 0 saturated heterocycles. The van der Waals surface area contributed by atoms with E-state index < -0.39 is 0 Å². The Balaban J connectivity index is 2.35. The lowest BCUT2D eigenvalue weighted by molar-refractivity contribution is 0.789. The van der Waals surface area contributed by atoms with Crippen LogP contribution in [0.25, 0.3) is 0 Å². The van der Waals surface area contributed by atoms with Crippen LogP contribution in [0.3, 0.4) is 0 Å². The first-order chi connectivity index (χ1) is 6.77. The van der Waals surface area contributed by atoms with Crippen molar-refractivity contribution in [2.24, 2.45) is 11.8 Å². The Morgan fingerprint density at radius 1 is 1.07 bits per heavy atom. The Hall–Kier alpha value is -1.30. The van der Waals surface area contributed by atoms with E-state index in [-0.39, 0.29) is 0 Å². The predicted molar refractivity (Wildman–Crippen MR) is 61.9 cm³/mol. The van der Waals surface area contributed by atoms with Crippen LogP contribution in [-0.2, 0) is 0 Å². The molecule has 0 radical (unpaired) electrons. The molecule has 0 aliphatic heterocycles. The molecule has 0 heterocycles. The summed E-state index contributed by atoms with van der Waals surface area (Å²) in [5.41, 5.74) is 2.82. The molecule has 1 atom stereocenters. The first-order valence-electron chi connectivity index (χ1n) is 5.22. The summed E-state index contributed by atoms with van der Waals surface area (Å²) in [6.07, 6.45) is 17.6. The van der Waals surface area contributed by atoms with Crippen molar-refractivity contribution in [1.82, 2.24) is 0 Å². The van der Waals surface area contributed by atoms with Gasteiger partial charge in [-0.3, -0.25) is 0 Å². The van der Waals surface area contributed by atoms with Crippen molar-refractivity contribution in [2.45, 2.75) is 13.8 Å². The predicted octanol–water partition coefficient (Wildman–Crippen LogP) is 3.81. The van der Waals surface area contributed by atoms with Crippen LogP contribution < -0.4 is 0 Å². The molecule has 14 heavy (non-hydrogen) atoms. The maximum atomic E-state index is 2.31. The summed E-state index contributed by atoms with van der Waals surface area (Å²) in [6, 6.07) is 0. The van der Waals surface area contributed by atoms with Crippen LogP contribution in [0.15, 0.2) is 59.8 Å². The molecule has 0 bridgehead atoms. The van der Waals surface area contributed by atoms with E-state index in [9.17, 15) is 0 Å². The molecule has 0 aromatic heterocycles. The van der Waals surface area contributed by atoms with Crippen molar-refractivity contribution in [3.8, 4) is 0 Å². The number of allylic oxidation sites excluding steroid dienone is 10. The Morgan fingerprint density at radius 2 is 1.86 bits per heavy atom. The van der Waals surface area contributed by atoms with E-state index in [1.165, 1.54) is 11.1 Å². The number of rotatable bonds is 1. The fourth-order valence-corrected chi connectivity index (χ4v) is 1.78. The maximum Gasteiger partial charge on any atom is 0.0204 e. The highest BCUT2D eigenvalue weighted by Crippen LogP contribution is 2.26. The highest BCUT2D eigenvalue weighted by Gasteiger charge is 2.11. The van der Waals surface area contributed by atoms with E-state index in [2.05, 4.69) is 62.5 Å². The molecule has 2 rings (SSSR count). The minimum Gasteiger partial charge on any atom is -0.0732 e. The Labute approximate surface area is 86.0 Å². The number of fused-ring (bicyclic) bond motifs is 1. The van der Waals surface area contributed by atoms with Crippen LogP contribution in [-0.4, -0.2) is 0 Å². The third-order valence-corrected chi connectivity index (χ3v) is 2.71. The SMILES string of the molecule is CC(C)C1=CC=CC2C=CC=CC2=C1. The third kappa shape index (κ3) is 1.79. The highest BCUT2D eigenvalue weighted by atomic mass is 14.2. The topological polar surface area (TPSA) is 0 Å². The normalized spacial score (nSPS) is 24.4. The van der Waals surface area contributed by atoms with Crippen molar-refractivity contribution in [2.75, 3.05) is 0 Å². The second-order valence-electron chi connectivity index (χ2n) is 4.12. The van der Waals surface area contributed by atoms with Gasteiger partial charge in [0.05, 0.1) is 0 Å². The Kier molecular flexibility index (Phi) is 2.53. The highest BCUT2D eigenvalue weighted by molar-refractivity contribution is 5.44. The zero-order chi connectivity index (χ0) is 9.97. The molecule has 0 aromatic rings. The second kappa shape index (κ2) is 3.83. The quantitative estimate of drug-likeness (QED) is 0.581. The van der Waals surface area contributed by atoms with Gasteiger partial charge in [0.15, 0.2) is 0 Å². The van der Waals surface area contributed by atoms with Gasteiger partial charge < -0.3 is 0 Å². The monoisotopic (exact) mass is 184 g/mol. The van der Waals surface area contributed by atoms with Gasteiger partial charge in [-0.15, -0.1) is 0 Å². The molecule has 0 amide bonds. The van der Waals surface area contributed by atoms with Gasteiger partial charge in [0.2, 0.25) is 0 Å². The van der Waals surface area contributed by atoms with Crippen LogP contribution in [0.1, 0.15) is 13.8 Å². The molecule has 0 aromatic carbocycles. The summed E-state index contributed by atoms with van der Waals surface area (Å²) < 4.78 is 0. The van der Waals surface area contributed by atoms with Gasteiger partial charge in [0, 0.05) is 5.92 Å². The molecule has 0 nitrogen and oxygen atoms in total. The summed E-state index contributed by atoms with van der Waals surface area (Å²) >= 11 is 0. The Bertz CT molecular complexity index is 359. The third-order valence-electron chi connectivity index (χ3n) is 2.71. The van der Waals surface area contributed by atoms with Gasteiger partial charge in [0.25, 0.3) is 0 Å². The van der Waals surface area contributed by atoms with Crippen LogP contribution in [0.4, 0.5) is 0 Å². The average Bonchev–Trinajstić information content (AvgIpc) is 2.39. The average molecular weight is 184 g/mol. The van der Waals surface area contributed by atoms with Gasteiger partial charge in [-0.05, 0) is 17.1 Å². The largest absolute Gasteiger partial charge is 0.0732 e. The zero-order valence-corrected chi connectivity index (χ0v) is 8.77. The molecule has 0 saturated carbocycles. The molecular formula is C14H16. The van der Waals surface area contributed by atoms with E-state index >= 15 is 0 Å². The zero-order valence-electron chi connectivity index (χ0n) is 8.77. The summed E-state index contributed by atoms with van der Waals surface area (Å²) in [7, 11) is 0. The number of hydrogen-bond acceptors (Lipinski definition) is 0. The van der Waals surface area contributed by atoms with Gasteiger partial charge in [-0.1, -0.05) is 62.5 Å². The van der Waals surface area contributed by atoms with Gasteiger partial charge in [-0.2, -0.15) is 0 Å². The van der Waals surface area contributed by atoms with E-state index in [4.69, 9.17) is 0 Å². The van der Waals surface area contributed by atoms with Crippen LogP contribution in [0.5, 0.6) is 0 Å². The molecule has 0 N–H and O–H groups in total. The minimum absolute atomic E-state index is 0.479. The van der Waals surface area contributed by atoms with Crippen LogP contribution >= 0.6 is 0 Å². The van der Waals surface area contributed by atoms with Crippen molar-refractivity contribution in [1.29, 1.82) is 0 Å². The lowest BCUT2D eigenvalue weighted by Gasteiger charge is -2.13. The van der Waals surface area contributed by atoms with Gasteiger partial charge in [-0.25, -0.2) is 0 Å². The molecule has 2 aliphatic carbocycles. The van der Waals surface area contributed by atoms with Gasteiger partial charge in [0.1, 0.15) is 0 Å². The van der Waals surface area contributed by atoms with Crippen molar-refractivity contribution < 1.29 is 0 Å². The van der Waals surface area contributed by atoms with E-state index in [1.807, 2.05) is 0 Å². The van der Waals surface area contributed by atoms with Gasteiger partial charge >= 0.3 is 0 Å². The van der Waals surface area contributed by atoms with Crippen molar-refractivity contribution in [3.63, 3.8) is 0 Å². The standard InChI is InChI=1S/C14H16/c1-11(2)13-9-5-8-12-6-3-4-7-14(12)10-13/h3-12H,1-2H3. The molecule has 0 spiro atoms. The second-order valence-corrected chi connectivity index (χ2v) is 4.12. The Morgan fingerprint density at radius 3 is 2.64 bits per heavy atom. The van der Waals surface area contributed by atoms with E-state index in [0.717, 1.165) is 0 Å². The van der Waals surface area contributed by atoms with E-state index in [0.29, 0.717) is 11.8 Å². The molecular weight excluding hydrogens is 168 g/mol. The molecule has 72 valence electrons. The fourth-order valence-electron chi connectivity index (χ4n) is 1.78. The van der Waals surface area contributed by atoms with Crippen LogP contribution in [0.2, 0.25) is 0 Å². The lowest BCUT2D eigenvalue weighted by Crippen LogP contribution is -1.98. The summed E-state index contributed by atoms with van der Waals surface area (Å²) in [4.78, 5) is 0. The molecule has 2 aliphatic rings. The molecule has 1 unspecified atom stereocenters. The summed E-state index contributed by atoms with van der Waals surface area (Å²) in [5.74, 6) is 1.08. The fraction of sp³-hybridized carbons (Fsp3) is 0.286. The number of hydrogen-bond donors (Lipinski definition) is 0. The van der Waals surface area contributed by atoms with E-state index in [1.54, 1.807) is 0 Å². The minimum atomic E-state index is 0.479. The summed E-state index contributed by atoms with van der Waals surface area (Å²) in [5, 5.41) is 0. The molecule has 0 heteroatoms. The summed E-state index contributed by atoms with van der Waals surface area (Å²) in [6.45, 7) is 4.47. The van der Waals surface area contributed by atoms with Crippen molar-refractivity contribution >= 4 is 0 Å². The van der Waals surface area contributed by atoms with Crippen LogP contribution in [0, 0.1) is 11.8 Å². The van der Waals surface area contributed by atoms with Crippen molar-refractivity contribution in [3.05, 3.63) is 59.8 Å². The first kappa shape index (κ1) is 9.26. The lowest BCUT2D eigenvalue weighted by atomic mass is 9.92. The maximum absolute atomic E-state index is 2.31. The first-order valence-corrected chi connectivity index (χ1v) is 5.22. The molecule has 0 fully saturated rings.